The number of nitrogens with one attached hydrogen (secondary N) is 2. The van der Waals surface area contributed by atoms with Crippen molar-refractivity contribution >= 4 is 17.3 Å². The van der Waals surface area contributed by atoms with Crippen LogP contribution in [-0.2, 0) is 0 Å². The van der Waals surface area contributed by atoms with Gasteiger partial charge >= 0.3 is 0 Å². The number of rotatable bonds is 7. The molecular formula is C13H21N5O. The smallest absolute Gasteiger partial charge is 0.180 e. The zero-order valence-electron chi connectivity index (χ0n) is 11.4. The second-order valence-electron chi connectivity index (χ2n) is 4.42. The summed E-state index contributed by atoms with van der Waals surface area (Å²) < 4.78 is 1.94. The van der Waals surface area contributed by atoms with Crippen LogP contribution >= 0.6 is 0 Å². The molecule has 0 aliphatic heterocycles. The zero-order valence-corrected chi connectivity index (χ0v) is 11.4. The van der Waals surface area contributed by atoms with Gasteiger partial charge in [0.05, 0.1) is 6.20 Å². The van der Waals surface area contributed by atoms with Gasteiger partial charge in [-0.3, -0.25) is 0 Å². The fourth-order valence-corrected chi connectivity index (χ4v) is 2.02. The van der Waals surface area contributed by atoms with E-state index in [9.17, 15) is 0 Å². The van der Waals surface area contributed by atoms with Crippen molar-refractivity contribution in [3.8, 4) is 0 Å². The first-order chi connectivity index (χ1) is 9.28. The highest BCUT2D eigenvalue weighted by atomic mass is 16.3. The summed E-state index contributed by atoms with van der Waals surface area (Å²) in [6.07, 6.45) is 7.21. The molecule has 0 radical (unpaired) electrons. The van der Waals surface area contributed by atoms with Crippen LogP contribution in [0.5, 0.6) is 0 Å². The highest BCUT2D eigenvalue weighted by molar-refractivity contribution is 5.65. The Morgan fingerprint density at radius 1 is 1.42 bits per heavy atom. The van der Waals surface area contributed by atoms with Gasteiger partial charge in [-0.1, -0.05) is 6.92 Å². The largest absolute Gasteiger partial charge is 0.396 e. The molecule has 0 saturated carbocycles. The van der Waals surface area contributed by atoms with E-state index >= 15 is 0 Å². The Kier molecular flexibility index (Phi) is 4.57. The van der Waals surface area contributed by atoms with E-state index < -0.39 is 0 Å². The molecule has 0 bridgehead atoms. The van der Waals surface area contributed by atoms with Crippen LogP contribution in [0.4, 0.5) is 11.6 Å². The molecule has 104 valence electrons. The van der Waals surface area contributed by atoms with Gasteiger partial charge in [-0.2, -0.15) is 0 Å². The maximum absolute atomic E-state index is 9.06. The second kappa shape index (κ2) is 6.38. The van der Waals surface area contributed by atoms with Crippen molar-refractivity contribution in [3.05, 3.63) is 18.6 Å². The lowest BCUT2D eigenvalue weighted by Crippen LogP contribution is -2.21. The molecule has 6 heteroatoms. The van der Waals surface area contributed by atoms with E-state index in [0.717, 1.165) is 30.2 Å². The quantitative estimate of drug-likeness (QED) is 0.709. The van der Waals surface area contributed by atoms with Crippen molar-refractivity contribution < 1.29 is 5.11 Å². The highest BCUT2D eigenvalue weighted by Gasteiger charge is 2.11. The molecular weight excluding hydrogens is 242 g/mol. The Hall–Kier alpha value is -1.82. The third-order valence-electron chi connectivity index (χ3n) is 3.04. The molecule has 2 aromatic rings. The van der Waals surface area contributed by atoms with Crippen LogP contribution in [0.1, 0.15) is 26.7 Å². The molecule has 2 heterocycles. The van der Waals surface area contributed by atoms with Crippen molar-refractivity contribution in [1.29, 1.82) is 0 Å². The van der Waals surface area contributed by atoms with Crippen molar-refractivity contribution in [3.63, 3.8) is 0 Å². The average Bonchev–Trinajstić information content (AvgIpc) is 2.87. The molecule has 0 aliphatic rings. The lowest BCUT2D eigenvalue weighted by Gasteiger charge is -2.17. The molecule has 0 spiro atoms. The second-order valence-corrected chi connectivity index (χ2v) is 4.42. The molecule has 0 fully saturated rings. The molecule has 2 rings (SSSR count). The Balaban J connectivity index is 2.31. The number of anilines is 2. The standard InChI is InChI=1S/C13H21N5O/c1-3-10(5-8-19)16-12-13-15-6-7-18(13)9-11(17-12)14-4-2/h6-7,9-10,14,19H,3-5,8H2,1-2H3,(H,16,17). The van der Waals surface area contributed by atoms with Crippen molar-refractivity contribution in [2.24, 2.45) is 0 Å². The van der Waals surface area contributed by atoms with Gasteiger partial charge in [-0.15, -0.1) is 0 Å². The summed E-state index contributed by atoms with van der Waals surface area (Å²) in [6.45, 7) is 5.11. The number of aromatic nitrogens is 3. The Morgan fingerprint density at radius 3 is 2.95 bits per heavy atom. The van der Waals surface area contributed by atoms with Crippen molar-refractivity contribution in [1.82, 2.24) is 14.4 Å². The number of hydrogen-bond donors (Lipinski definition) is 3. The van der Waals surface area contributed by atoms with E-state index in [0.29, 0.717) is 6.42 Å². The Bertz CT molecular complexity index is 525. The lowest BCUT2D eigenvalue weighted by molar-refractivity contribution is 0.278. The zero-order chi connectivity index (χ0) is 13.7. The first-order valence-corrected chi connectivity index (χ1v) is 6.73. The summed E-state index contributed by atoms with van der Waals surface area (Å²) in [5.74, 6) is 1.57. The average molecular weight is 263 g/mol. The van der Waals surface area contributed by atoms with Gasteiger partial charge in [0.2, 0.25) is 0 Å². The van der Waals surface area contributed by atoms with Crippen LogP contribution in [0, 0.1) is 0 Å². The van der Waals surface area contributed by atoms with Crippen LogP contribution in [-0.4, -0.2) is 38.7 Å². The number of hydrogen-bond acceptors (Lipinski definition) is 5. The summed E-state index contributed by atoms with van der Waals surface area (Å²) in [6, 6.07) is 0.204. The van der Waals surface area contributed by atoms with E-state index in [1.54, 1.807) is 6.20 Å². The molecule has 0 amide bonds. The molecule has 2 aromatic heterocycles. The van der Waals surface area contributed by atoms with Crippen molar-refractivity contribution in [2.45, 2.75) is 32.7 Å². The fraction of sp³-hybridized carbons (Fsp3) is 0.538. The summed E-state index contributed by atoms with van der Waals surface area (Å²) in [7, 11) is 0. The number of aliphatic hydroxyl groups excluding tert-OH is 1. The Labute approximate surface area is 112 Å². The third-order valence-corrected chi connectivity index (χ3v) is 3.04. The molecule has 0 aliphatic carbocycles. The number of fused-ring (bicyclic) bond motifs is 1. The first kappa shape index (κ1) is 13.6. The number of imidazole rings is 1. The predicted octanol–water partition coefficient (Wildman–Crippen LogP) is 1.73. The summed E-state index contributed by atoms with van der Waals surface area (Å²) in [5.41, 5.74) is 0.804. The minimum Gasteiger partial charge on any atom is -0.396 e. The van der Waals surface area contributed by atoms with Crippen LogP contribution in [0.15, 0.2) is 18.6 Å². The Morgan fingerprint density at radius 2 is 2.26 bits per heavy atom. The van der Waals surface area contributed by atoms with Gasteiger partial charge in [0.1, 0.15) is 5.82 Å². The van der Waals surface area contributed by atoms with Gasteiger partial charge in [0.25, 0.3) is 0 Å². The van der Waals surface area contributed by atoms with Gasteiger partial charge in [-0.25, -0.2) is 9.97 Å². The summed E-state index contributed by atoms with van der Waals surface area (Å²) >= 11 is 0. The first-order valence-electron chi connectivity index (χ1n) is 6.73. The predicted molar refractivity (Wildman–Crippen MR) is 76.6 cm³/mol. The minimum atomic E-state index is 0.170. The van der Waals surface area contributed by atoms with Crippen LogP contribution < -0.4 is 10.6 Å². The van der Waals surface area contributed by atoms with Gasteiger partial charge in [0, 0.05) is 31.6 Å². The third kappa shape index (κ3) is 3.14. The van der Waals surface area contributed by atoms with Gasteiger partial charge in [0.15, 0.2) is 11.5 Å². The molecule has 0 aromatic carbocycles. The molecule has 0 saturated heterocycles. The molecule has 3 N–H and O–H groups in total. The monoisotopic (exact) mass is 263 g/mol. The number of aliphatic hydroxyl groups is 1. The van der Waals surface area contributed by atoms with E-state index in [4.69, 9.17) is 5.11 Å². The lowest BCUT2D eigenvalue weighted by atomic mass is 10.1. The van der Waals surface area contributed by atoms with Gasteiger partial charge in [-0.05, 0) is 19.8 Å². The maximum Gasteiger partial charge on any atom is 0.180 e. The van der Waals surface area contributed by atoms with Crippen LogP contribution in [0.2, 0.25) is 0 Å². The topological polar surface area (TPSA) is 74.5 Å². The summed E-state index contributed by atoms with van der Waals surface area (Å²) in [4.78, 5) is 8.86. The molecule has 1 unspecified atom stereocenters. The summed E-state index contributed by atoms with van der Waals surface area (Å²) in [5, 5.41) is 15.6. The molecule has 1 atom stereocenters. The molecule has 19 heavy (non-hydrogen) atoms. The van der Waals surface area contributed by atoms with E-state index in [1.165, 1.54) is 0 Å². The van der Waals surface area contributed by atoms with E-state index in [-0.39, 0.29) is 12.6 Å². The maximum atomic E-state index is 9.06. The van der Waals surface area contributed by atoms with Crippen molar-refractivity contribution in [2.75, 3.05) is 23.8 Å². The van der Waals surface area contributed by atoms with Crippen LogP contribution in [0.3, 0.4) is 0 Å². The minimum absolute atomic E-state index is 0.170. The van der Waals surface area contributed by atoms with Crippen LogP contribution in [0.25, 0.3) is 5.65 Å². The van der Waals surface area contributed by atoms with E-state index in [1.807, 2.05) is 23.7 Å². The normalized spacial score (nSPS) is 12.6. The van der Waals surface area contributed by atoms with Gasteiger partial charge < -0.3 is 20.1 Å². The highest BCUT2D eigenvalue weighted by Crippen LogP contribution is 2.18. The molecule has 6 nitrogen and oxygen atoms in total. The van der Waals surface area contributed by atoms with E-state index in [2.05, 4.69) is 27.5 Å². The number of nitrogens with zero attached hydrogens (tertiary/aromatic N) is 3. The fourth-order valence-electron chi connectivity index (χ4n) is 2.02. The SMILES string of the molecule is CCNc1cn2ccnc2c(NC(CC)CCO)n1.